The minimum absolute atomic E-state index is 0.0434. The van der Waals surface area contributed by atoms with Crippen molar-refractivity contribution in [3.63, 3.8) is 0 Å². The first-order valence-corrected chi connectivity index (χ1v) is 6.71. The van der Waals surface area contributed by atoms with Crippen LogP contribution < -0.4 is 5.73 Å². The topological polar surface area (TPSA) is 61.5 Å². The first kappa shape index (κ1) is 13.1. The van der Waals surface area contributed by atoms with Crippen molar-refractivity contribution in [3.05, 3.63) is 0 Å². The SMILES string of the molecule is CCCCCCCC(N)C1COS(=O)O1. The summed E-state index contributed by atoms with van der Waals surface area (Å²) in [5, 5.41) is 0. The molecule has 1 saturated heterocycles. The Morgan fingerprint density at radius 3 is 2.73 bits per heavy atom. The molecular weight excluding hydrogens is 214 g/mol. The fourth-order valence-corrected chi connectivity index (χ4v) is 2.34. The third-order valence-corrected chi connectivity index (χ3v) is 3.38. The van der Waals surface area contributed by atoms with E-state index in [0.29, 0.717) is 6.61 Å². The van der Waals surface area contributed by atoms with Gasteiger partial charge < -0.3 is 5.73 Å². The minimum atomic E-state index is -1.56. The van der Waals surface area contributed by atoms with Crippen molar-refractivity contribution in [1.82, 2.24) is 0 Å². The molecule has 0 aliphatic carbocycles. The molecule has 4 nitrogen and oxygen atoms in total. The van der Waals surface area contributed by atoms with Gasteiger partial charge in [0.25, 0.3) is 0 Å². The van der Waals surface area contributed by atoms with Gasteiger partial charge in [0.1, 0.15) is 6.10 Å². The minimum Gasteiger partial charge on any atom is -0.325 e. The van der Waals surface area contributed by atoms with Crippen molar-refractivity contribution in [2.45, 2.75) is 57.6 Å². The van der Waals surface area contributed by atoms with Gasteiger partial charge in [-0.05, 0) is 6.42 Å². The Balaban J connectivity index is 2.03. The van der Waals surface area contributed by atoms with Gasteiger partial charge >= 0.3 is 11.4 Å². The number of hydrogen-bond donors (Lipinski definition) is 1. The molecule has 2 N–H and O–H groups in total. The smallest absolute Gasteiger partial charge is 0.305 e. The highest BCUT2D eigenvalue weighted by Gasteiger charge is 2.28. The number of rotatable bonds is 7. The highest BCUT2D eigenvalue weighted by Crippen LogP contribution is 2.15. The van der Waals surface area contributed by atoms with E-state index in [1.165, 1.54) is 25.7 Å². The zero-order valence-corrected chi connectivity index (χ0v) is 10.1. The van der Waals surface area contributed by atoms with Gasteiger partial charge in [0.2, 0.25) is 0 Å². The van der Waals surface area contributed by atoms with Gasteiger partial charge in [-0.2, -0.15) is 4.21 Å². The fourth-order valence-electron chi connectivity index (χ4n) is 1.64. The molecule has 0 bridgehead atoms. The lowest BCUT2D eigenvalue weighted by molar-refractivity contribution is 0.196. The second-order valence-corrected chi connectivity index (χ2v) is 4.83. The molecule has 0 amide bonds. The van der Waals surface area contributed by atoms with Crippen LogP contribution in [0.15, 0.2) is 0 Å². The van der Waals surface area contributed by atoms with E-state index < -0.39 is 11.4 Å². The molecule has 0 aromatic carbocycles. The molecule has 1 aliphatic rings. The van der Waals surface area contributed by atoms with E-state index in [1.807, 2.05) is 0 Å². The first-order valence-electron chi connectivity index (χ1n) is 5.71. The van der Waals surface area contributed by atoms with Crippen LogP contribution in [0.25, 0.3) is 0 Å². The highest BCUT2D eigenvalue weighted by molar-refractivity contribution is 7.75. The molecule has 0 aromatic rings. The van der Waals surface area contributed by atoms with Crippen LogP contribution in [0.5, 0.6) is 0 Å². The lowest BCUT2D eigenvalue weighted by Gasteiger charge is -2.15. The summed E-state index contributed by atoms with van der Waals surface area (Å²) in [4.78, 5) is 0. The average Bonchev–Trinajstić information content (AvgIpc) is 2.64. The fraction of sp³-hybridized carbons (Fsp3) is 1.00. The van der Waals surface area contributed by atoms with Crippen molar-refractivity contribution in [3.8, 4) is 0 Å². The second-order valence-electron chi connectivity index (χ2n) is 3.99. The molecule has 0 aromatic heterocycles. The monoisotopic (exact) mass is 235 g/mol. The van der Waals surface area contributed by atoms with E-state index >= 15 is 0 Å². The van der Waals surface area contributed by atoms with E-state index in [9.17, 15) is 4.21 Å². The predicted molar refractivity (Wildman–Crippen MR) is 60.3 cm³/mol. The van der Waals surface area contributed by atoms with Crippen molar-refractivity contribution < 1.29 is 12.6 Å². The molecule has 0 radical (unpaired) electrons. The van der Waals surface area contributed by atoms with Crippen LogP contribution in [0.1, 0.15) is 45.4 Å². The van der Waals surface area contributed by atoms with E-state index in [-0.39, 0.29) is 12.1 Å². The number of unbranched alkanes of at least 4 members (excludes halogenated alkanes) is 4. The second kappa shape index (κ2) is 7.33. The lowest BCUT2D eigenvalue weighted by Crippen LogP contribution is -2.36. The Morgan fingerprint density at radius 2 is 2.13 bits per heavy atom. The molecule has 3 atom stereocenters. The summed E-state index contributed by atoms with van der Waals surface area (Å²) >= 11 is -1.56. The summed E-state index contributed by atoms with van der Waals surface area (Å²) < 4.78 is 20.6. The van der Waals surface area contributed by atoms with Crippen molar-refractivity contribution in [1.29, 1.82) is 0 Å². The maximum Gasteiger partial charge on any atom is 0.305 e. The quantitative estimate of drug-likeness (QED) is 0.682. The van der Waals surface area contributed by atoms with E-state index in [0.717, 1.165) is 12.8 Å². The zero-order valence-electron chi connectivity index (χ0n) is 9.31. The van der Waals surface area contributed by atoms with Gasteiger partial charge in [0, 0.05) is 6.04 Å². The molecule has 1 heterocycles. The Bertz CT molecular complexity index is 201. The summed E-state index contributed by atoms with van der Waals surface area (Å²) in [5.41, 5.74) is 5.92. The van der Waals surface area contributed by atoms with Crippen molar-refractivity contribution in [2.24, 2.45) is 5.73 Å². The van der Waals surface area contributed by atoms with Gasteiger partial charge in [-0.15, -0.1) is 0 Å². The Labute approximate surface area is 94.4 Å². The summed E-state index contributed by atoms with van der Waals surface area (Å²) in [5.74, 6) is 0. The lowest BCUT2D eigenvalue weighted by atomic mass is 10.0. The molecule has 3 unspecified atom stereocenters. The van der Waals surface area contributed by atoms with Crippen LogP contribution in [-0.2, 0) is 19.7 Å². The van der Waals surface area contributed by atoms with E-state index in [2.05, 4.69) is 6.92 Å². The van der Waals surface area contributed by atoms with Crippen LogP contribution >= 0.6 is 0 Å². The average molecular weight is 235 g/mol. The third-order valence-electron chi connectivity index (χ3n) is 2.65. The molecule has 15 heavy (non-hydrogen) atoms. The van der Waals surface area contributed by atoms with E-state index in [1.54, 1.807) is 0 Å². The standard InChI is InChI=1S/C10H21NO3S/c1-2-3-4-5-6-7-9(11)10-8-13-15(12)14-10/h9-10H,2-8,11H2,1H3. The molecule has 5 heteroatoms. The normalized spacial score (nSPS) is 28.1. The van der Waals surface area contributed by atoms with Gasteiger partial charge in [0.15, 0.2) is 0 Å². The molecule has 1 aliphatic heterocycles. The van der Waals surface area contributed by atoms with E-state index in [4.69, 9.17) is 14.1 Å². The maximum atomic E-state index is 10.8. The summed E-state index contributed by atoms with van der Waals surface area (Å²) in [6, 6.07) is -0.0434. The van der Waals surface area contributed by atoms with Crippen LogP contribution in [0.3, 0.4) is 0 Å². The van der Waals surface area contributed by atoms with Crippen molar-refractivity contribution in [2.75, 3.05) is 6.61 Å². The molecule has 0 spiro atoms. The molecule has 1 rings (SSSR count). The van der Waals surface area contributed by atoms with Gasteiger partial charge in [-0.1, -0.05) is 39.0 Å². The van der Waals surface area contributed by atoms with Gasteiger partial charge in [0.05, 0.1) is 6.61 Å². The molecule has 90 valence electrons. The largest absolute Gasteiger partial charge is 0.325 e. The maximum absolute atomic E-state index is 10.8. The molecule has 0 saturated carbocycles. The number of nitrogens with two attached hydrogens (primary N) is 1. The van der Waals surface area contributed by atoms with Crippen molar-refractivity contribution >= 4 is 11.4 Å². The van der Waals surface area contributed by atoms with Crippen LogP contribution in [-0.4, -0.2) is 23.0 Å². The highest BCUT2D eigenvalue weighted by atomic mass is 32.2. The Morgan fingerprint density at radius 1 is 1.40 bits per heavy atom. The summed E-state index contributed by atoms with van der Waals surface area (Å²) in [6.45, 7) is 2.56. The molecule has 1 fully saturated rings. The van der Waals surface area contributed by atoms with Gasteiger partial charge in [-0.25, -0.2) is 0 Å². The van der Waals surface area contributed by atoms with Crippen LogP contribution in [0.2, 0.25) is 0 Å². The van der Waals surface area contributed by atoms with Crippen LogP contribution in [0, 0.1) is 0 Å². The third kappa shape index (κ3) is 5.06. The number of hydrogen-bond acceptors (Lipinski definition) is 4. The zero-order chi connectivity index (χ0) is 11.1. The Hall–Kier alpha value is 0.0300. The summed E-state index contributed by atoms with van der Waals surface area (Å²) in [7, 11) is 0. The molecular formula is C10H21NO3S. The first-order chi connectivity index (χ1) is 7.24. The van der Waals surface area contributed by atoms with Gasteiger partial charge in [-0.3, -0.25) is 8.37 Å². The van der Waals surface area contributed by atoms with Crippen LogP contribution in [0.4, 0.5) is 0 Å². The Kier molecular flexibility index (Phi) is 6.40. The summed E-state index contributed by atoms with van der Waals surface area (Å²) in [6.07, 6.45) is 6.90. The predicted octanol–water partition coefficient (Wildman–Crippen LogP) is 1.67.